The van der Waals surface area contributed by atoms with E-state index in [1.54, 1.807) is 25.7 Å². The van der Waals surface area contributed by atoms with Crippen LogP contribution in [0.15, 0.2) is 30.7 Å². The van der Waals surface area contributed by atoms with Gasteiger partial charge in [0, 0.05) is 12.4 Å². The Labute approximate surface area is 104 Å². The van der Waals surface area contributed by atoms with Crippen molar-refractivity contribution in [2.45, 2.75) is 6.92 Å². The monoisotopic (exact) mass is 240 g/mol. The fourth-order valence-corrected chi connectivity index (χ4v) is 1.90. The fourth-order valence-electron chi connectivity index (χ4n) is 1.90. The van der Waals surface area contributed by atoms with Crippen molar-refractivity contribution in [1.82, 2.24) is 19.9 Å². The predicted octanol–water partition coefficient (Wildman–Crippen LogP) is 2.34. The van der Waals surface area contributed by atoms with Crippen LogP contribution >= 0.6 is 0 Å². The van der Waals surface area contributed by atoms with Gasteiger partial charge in [0.2, 0.25) is 0 Å². The molecule has 0 spiro atoms. The quantitative estimate of drug-likeness (QED) is 0.746. The lowest BCUT2D eigenvalue weighted by atomic mass is 10.2. The number of rotatable bonds is 2. The molecule has 1 N–H and O–H groups in total. The Balaban J connectivity index is 2.23. The third-order valence-corrected chi connectivity index (χ3v) is 2.86. The van der Waals surface area contributed by atoms with Crippen LogP contribution in [-0.4, -0.2) is 27.0 Å². The topological polar surface area (TPSA) is 63.7 Å². The van der Waals surface area contributed by atoms with Gasteiger partial charge < -0.3 is 9.72 Å². The number of hydrogen-bond acceptors (Lipinski definition) is 4. The molecule has 0 atom stereocenters. The number of nitrogens with zero attached hydrogens (tertiary/aromatic N) is 3. The minimum Gasteiger partial charge on any atom is -0.494 e. The van der Waals surface area contributed by atoms with Crippen LogP contribution in [0.1, 0.15) is 5.56 Å². The van der Waals surface area contributed by atoms with E-state index in [1.807, 2.05) is 19.1 Å². The molecule has 5 heteroatoms. The highest BCUT2D eigenvalue weighted by Gasteiger charge is 2.11. The van der Waals surface area contributed by atoms with Crippen molar-refractivity contribution in [2.24, 2.45) is 0 Å². The van der Waals surface area contributed by atoms with E-state index in [0.717, 1.165) is 22.5 Å². The second kappa shape index (κ2) is 4.10. The molecular weight excluding hydrogens is 228 g/mol. The van der Waals surface area contributed by atoms with Crippen LogP contribution in [0.3, 0.4) is 0 Å². The first-order valence-corrected chi connectivity index (χ1v) is 5.59. The Hall–Kier alpha value is -2.43. The van der Waals surface area contributed by atoms with Crippen molar-refractivity contribution in [2.75, 3.05) is 7.11 Å². The lowest BCUT2D eigenvalue weighted by molar-refractivity contribution is 0.414. The second-order valence-corrected chi connectivity index (χ2v) is 3.99. The molecule has 5 nitrogen and oxygen atoms in total. The number of aryl methyl sites for hydroxylation is 1. The summed E-state index contributed by atoms with van der Waals surface area (Å²) < 4.78 is 5.28. The summed E-state index contributed by atoms with van der Waals surface area (Å²) in [6.07, 6.45) is 5.14. The molecule has 0 aliphatic rings. The van der Waals surface area contributed by atoms with Crippen molar-refractivity contribution in [1.29, 1.82) is 0 Å². The number of imidazole rings is 1. The van der Waals surface area contributed by atoms with Crippen LogP contribution < -0.4 is 4.74 Å². The standard InChI is InChI=1S/C13H12N4O/c1-8-3-6-15-13-11(8)16-12(17-13)9-4-5-14-7-10(9)18-2/h3-7H,1-2H3,(H,15,16,17). The van der Waals surface area contributed by atoms with Crippen molar-refractivity contribution < 1.29 is 4.74 Å². The SMILES string of the molecule is COc1cnccc1-c1nc2nccc(C)c2[nH]1. The molecule has 0 fully saturated rings. The summed E-state index contributed by atoms with van der Waals surface area (Å²) in [6, 6.07) is 3.82. The Bertz CT molecular complexity index is 705. The number of aromatic nitrogens is 4. The van der Waals surface area contributed by atoms with E-state index in [0.29, 0.717) is 11.4 Å². The average molecular weight is 240 g/mol. The summed E-state index contributed by atoms with van der Waals surface area (Å²) in [6.45, 7) is 2.02. The molecular formula is C13H12N4O. The van der Waals surface area contributed by atoms with E-state index in [-0.39, 0.29) is 0 Å². The molecule has 3 aromatic heterocycles. The molecule has 0 aliphatic heterocycles. The zero-order chi connectivity index (χ0) is 12.5. The third-order valence-electron chi connectivity index (χ3n) is 2.86. The molecule has 90 valence electrons. The van der Waals surface area contributed by atoms with Crippen molar-refractivity contribution in [3.05, 3.63) is 36.3 Å². The number of H-pyrrole nitrogens is 1. The summed E-state index contributed by atoms with van der Waals surface area (Å²) in [7, 11) is 1.62. The summed E-state index contributed by atoms with van der Waals surface area (Å²) in [5.74, 6) is 1.43. The van der Waals surface area contributed by atoms with Gasteiger partial charge in [-0.1, -0.05) is 0 Å². The average Bonchev–Trinajstić information content (AvgIpc) is 2.84. The number of nitrogens with one attached hydrogen (secondary N) is 1. The second-order valence-electron chi connectivity index (χ2n) is 3.99. The Kier molecular flexibility index (Phi) is 2.44. The third kappa shape index (κ3) is 1.60. The van der Waals surface area contributed by atoms with Gasteiger partial charge in [-0.25, -0.2) is 9.97 Å². The predicted molar refractivity (Wildman–Crippen MR) is 68.4 cm³/mol. The number of ether oxygens (including phenoxy) is 1. The van der Waals surface area contributed by atoms with Crippen LogP contribution in [-0.2, 0) is 0 Å². The molecule has 0 bridgehead atoms. The molecule has 0 unspecified atom stereocenters. The Morgan fingerprint density at radius 1 is 1.22 bits per heavy atom. The lowest BCUT2D eigenvalue weighted by Gasteiger charge is -2.03. The van der Waals surface area contributed by atoms with Gasteiger partial charge in [0.15, 0.2) is 5.65 Å². The summed E-state index contributed by atoms with van der Waals surface area (Å²) in [5, 5.41) is 0. The summed E-state index contributed by atoms with van der Waals surface area (Å²) >= 11 is 0. The normalized spacial score (nSPS) is 10.8. The summed E-state index contributed by atoms with van der Waals surface area (Å²) in [4.78, 5) is 16.0. The molecule has 0 amide bonds. The van der Waals surface area contributed by atoms with Gasteiger partial charge in [0.1, 0.15) is 11.6 Å². The van der Waals surface area contributed by atoms with Crippen molar-refractivity contribution in [3.63, 3.8) is 0 Å². The Morgan fingerprint density at radius 3 is 2.89 bits per heavy atom. The van der Waals surface area contributed by atoms with Gasteiger partial charge in [-0.2, -0.15) is 0 Å². The number of methoxy groups -OCH3 is 1. The highest BCUT2D eigenvalue weighted by atomic mass is 16.5. The van der Waals surface area contributed by atoms with Crippen LogP contribution in [0, 0.1) is 6.92 Å². The molecule has 0 aromatic carbocycles. The summed E-state index contributed by atoms with van der Waals surface area (Å²) in [5.41, 5.74) is 3.66. The lowest BCUT2D eigenvalue weighted by Crippen LogP contribution is -1.90. The largest absolute Gasteiger partial charge is 0.494 e. The first-order valence-electron chi connectivity index (χ1n) is 5.59. The highest BCUT2D eigenvalue weighted by Crippen LogP contribution is 2.28. The molecule has 0 saturated carbocycles. The number of pyridine rings is 2. The van der Waals surface area contributed by atoms with Gasteiger partial charge >= 0.3 is 0 Å². The first kappa shape index (κ1) is 10.7. The van der Waals surface area contributed by atoms with Crippen LogP contribution in [0.4, 0.5) is 0 Å². The maximum Gasteiger partial charge on any atom is 0.178 e. The Morgan fingerprint density at radius 2 is 2.11 bits per heavy atom. The highest BCUT2D eigenvalue weighted by molar-refractivity contribution is 5.79. The fraction of sp³-hybridized carbons (Fsp3) is 0.154. The van der Waals surface area contributed by atoms with Gasteiger partial charge in [-0.15, -0.1) is 0 Å². The zero-order valence-corrected chi connectivity index (χ0v) is 10.1. The molecule has 0 saturated heterocycles. The van der Waals surface area contributed by atoms with Crippen LogP contribution in [0.2, 0.25) is 0 Å². The van der Waals surface area contributed by atoms with Crippen LogP contribution in [0.25, 0.3) is 22.6 Å². The number of aromatic amines is 1. The smallest absolute Gasteiger partial charge is 0.178 e. The molecule has 3 rings (SSSR count). The molecule has 0 radical (unpaired) electrons. The molecule has 18 heavy (non-hydrogen) atoms. The molecule has 0 aliphatic carbocycles. The molecule has 3 heterocycles. The maximum absolute atomic E-state index is 5.28. The first-order chi connectivity index (χ1) is 8.79. The van der Waals surface area contributed by atoms with E-state index < -0.39 is 0 Å². The van der Waals surface area contributed by atoms with E-state index in [2.05, 4.69) is 19.9 Å². The minimum absolute atomic E-state index is 0.689. The van der Waals surface area contributed by atoms with Gasteiger partial charge in [-0.3, -0.25) is 4.98 Å². The van der Waals surface area contributed by atoms with E-state index in [1.165, 1.54) is 0 Å². The van der Waals surface area contributed by atoms with Gasteiger partial charge in [0.05, 0.1) is 24.4 Å². The maximum atomic E-state index is 5.28. The van der Waals surface area contributed by atoms with Crippen molar-refractivity contribution in [3.8, 4) is 17.1 Å². The van der Waals surface area contributed by atoms with E-state index >= 15 is 0 Å². The number of hydrogen-bond donors (Lipinski definition) is 1. The van der Waals surface area contributed by atoms with Gasteiger partial charge in [-0.05, 0) is 24.6 Å². The van der Waals surface area contributed by atoms with E-state index in [4.69, 9.17) is 4.74 Å². The zero-order valence-electron chi connectivity index (χ0n) is 10.1. The van der Waals surface area contributed by atoms with Crippen molar-refractivity contribution >= 4 is 11.2 Å². The number of fused-ring (bicyclic) bond motifs is 1. The minimum atomic E-state index is 0.689. The van der Waals surface area contributed by atoms with E-state index in [9.17, 15) is 0 Å². The van der Waals surface area contributed by atoms with Crippen LogP contribution in [0.5, 0.6) is 5.75 Å². The van der Waals surface area contributed by atoms with Gasteiger partial charge in [0.25, 0.3) is 0 Å². The molecule has 3 aromatic rings.